The maximum Gasteiger partial charge on any atom is 0.453 e. The summed E-state index contributed by atoms with van der Waals surface area (Å²) >= 11 is 0. The Kier molecular flexibility index (Phi) is 3.91. The van der Waals surface area contributed by atoms with Gasteiger partial charge in [-0.1, -0.05) is 0 Å². The van der Waals surface area contributed by atoms with E-state index in [1.165, 1.54) is 12.1 Å². The van der Waals surface area contributed by atoms with Crippen LogP contribution in [0.25, 0.3) is 5.65 Å². The van der Waals surface area contributed by atoms with E-state index >= 15 is 0 Å². The van der Waals surface area contributed by atoms with Gasteiger partial charge in [0.25, 0.3) is 5.82 Å². The molecule has 0 aliphatic carbocycles. The second-order valence-corrected chi connectivity index (χ2v) is 4.45. The Morgan fingerprint density at radius 3 is 2.48 bits per heavy atom. The molecule has 0 saturated carbocycles. The molecule has 0 saturated heterocycles. The lowest BCUT2D eigenvalue weighted by atomic mass is 10.5. The first-order valence-corrected chi connectivity index (χ1v) is 6.57. The Morgan fingerprint density at radius 2 is 1.78 bits per heavy atom. The van der Waals surface area contributed by atoms with Crippen LogP contribution < -0.4 is 10.6 Å². The summed E-state index contributed by atoms with van der Waals surface area (Å²) in [5, 5.41) is 16.3. The van der Waals surface area contributed by atoms with Crippen molar-refractivity contribution in [1.82, 2.24) is 29.8 Å². The van der Waals surface area contributed by atoms with Gasteiger partial charge in [0, 0.05) is 25.5 Å². The number of aromatic nitrogens is 6. The molecule has 0 aliphatic heterocycles. The van der Waals surface area contributed by atoms with Crippen molar-refractivity contribution in [3.8, 4) is 0 Å². The van der Waals surface area contributed by atoms with Gasteiger partial charge in [-0.3, -0.25) is 4.98 Å². The fraction of sp³-hybridized carbons (Fsp3) is 0.250. The van der Waals surface area contributed by atoms with Crippen LogP contribution in [-0.2, 0) is 6.18 Å². The van der Waals surface area contributed by atoms with Crippen molar-refractivity contribution in [3.63, 3.8) is 0 Å². The minimum atomic E-state index is -4.61. The summed E-state index contributed by atoms with van der Waals surface area (Å²) < 4.78 is 39.0. The van der Waals surface area contributed by atoms with Gasteiger partial charge in [-0.2, -0.15) is 17.7 Å². The first-order valence-electron chi connectivity index (χ1n) is 6.57. The molecule has 2 N–H and O–H groups in total. The van der Waals surface area contributed by atoms with E-state index in [0.717, 1.165) is 0 Å². The second kappa shape index (κ2) is 6.02. The summed E-state index contributed by atoms with van der Waals surface area (Å²) in [4.78, 5) is 7.93. The number of hydrogen-bond donors (Lipinski definition) is 2. The Balaban J connectivity index is 1.64. The molecule has 120 valence electrons. The molecular formula is C12H11F3N8. The van der Waals surface area contributed by atoms with E-state index in [-0.39, 0.29) is 11.5 Å². The average Bonchev–Trinajstić information content (AvgIpc) is 2.96. The average molecular weight is 324 g/mol. The third-order valence-electron chi connectivity index (χ3n) is 2.82. The Hall–Kier alpha value is -2.98. The highest BCUT2D eigenvalue weighted by Crippen LogP contribution is 2.27. The van der Waals surface area contributed by atoms with Crippen LogP contribution in [0.3, 0.4) is 0 Å². The van der Waals surface area contributed by atoms with E-state index in [1.54, 1.807) is 18.6 Å². The van der Waals surface area contributed by atoms with Gasteiger partial charge in [0.05, 0.1) is 6.20 Å². The molecule has 0 fully saturated rings. The van der Waals surface area contributed by atoms with Gasteiger partial charge in [0.15, 0.2) is 5.65 Å². The fourth-order valence-corrected chi connectivity index (χ4v) is 1.83. The molecule has 0 amide bonds. The van der Waals surface area contributed by atoms with E-state index in [2.05, 4.69) is 35.9 Å². The third-order valence-corrected chi connectivity index (χ3v) is 2.82. The Morgan fingerprint density at radius 1 is 1.00 bits per heavy atom. The number of rotatable bonds is 5. The van der Waals surface area contributed by atoms with Crippen LogP contribution in [0.15, 0.2) is 30.7 Å². The van der Waals surface area contributed by atoms with E-state index in [4.69, 9.17) is 0 Å². The standard InChI is InChI=1S/C12H11F3N8/c13-12(14,15)11-21-20-10-2-1-8(22-23(10)11)17-5-6-19-9-7-16-3-4-18-9/h1-4,7H,5-6H2,(H,17,22)(H,18,19). The second-order valence-electron chi connectivity index (χ2n) is 4.45. The zero-order valence-corrected chi connectivity index (χ0v) is 11.6. The number of nitrogens with one attached hydrogen (secondary N) is 2. The molecular weight excluding hydrogens is 313 g/mol. The number of halogens is 3. The molecule has 0 aromatic carbocycles. The van der Waals surface area contributed by atoms with Gasteiger partial charge in [0.2, 0.25) is 0 Å². The molecule has 8 nitrogen and oxygen atoms in total. The highest BCUT2D eigenvalue weighted by atomic mass is 19.4. The van der Waals surface area contributed by atoms with Crippen molar-refractivity contribution in [2.75, 3.05) is 23.7 Å². The van der Waals surface area contributed by atoms with E-state index < -0.39 is 12.0 Å². The predicted octanol–water partition coefficient (Wildman–Crippen LogP) is 1.46. The number of hydrogen-bond acceptors (Lipinski definition) is 7. The molecule has 0 radical (unpaired) electrons. The normalized spacial score (nSPS) is 11.6. The summed E-state index contributed by atoms with van der Waals surface area (Å²) in [6, 6.07) is 2.94. The van der Waals surface area contributed by atoms with Crippen molar-refractivity contribution in [1.29, 1.82) is 0 Å². The molecule has 0 unspecified atom stereocenters. The topological polar surface area (TPSA) is 92.9 Å². The molecule has 0 aliphatic rings. The summed E-state index contributed by atoms with van der Waals surface area (Å²) in [7, 11) is 0. The highest BCUT2D eigenvalue weighted by molar-refractivity contribution is 5.44. The smallest absolute Gasteiger partial charge is 0.367 e. The van der Waals surface area contributed by atoms with Crippen LogP contribution in [0.5, 0.6) is 0 Å². The largest absolute Gasteiger partial charge is 0.453 e. The lowest BCUT2D eigenvalue weighted by Gasteiger charge is -2.08. The summed E-state index contributed by atoms with van der Waals surface area (Å²) in [6.07, 6.45) is 0.0611. The van der Waals surface area contributed by atoms with Crippen molar-refractivity contribution in [3.05, 3.63) is 36.5 Å². The van der Waals surface area contributed by atoms with Crippen LogP contribution in [0.4, 0.5) is 24.8 Å². The van der Waals surface area contributed by atoms with Crippen molar-refractivity contribution in [2.45, 2.75) is 6.18 Å². The van der Waals surface area contributed by atoms with Gasteiger partial charge in [0.1, 0.15) is 11.6 Å². The van der Waals surface area contributed by atoms with Gasteiger partial charge in [-0.25, -0.2) is 4.98 Å². The van der Waals surface area contributed by atoms with Gasteiger partial charge >= 0.3 is 6.18 Å². The molecule has 3 rings (SSSR count). The minimum Gasteiger partial charge on any atom is -0.367 e. The lowest BCUT2D eigenvalue weighted by Crippen LogP contribution is -2.17. The maximum atomic E-state index is 12.8. The quantitative estimate of drug-likeness (QED) is 0.686. The zero-order valence-electron chi connectivity index (χ0n) is 11.6. The zero-order chi connectivity index (χ0) is 16.3. The van der Waals surface area contributed by atoms with Gasteiger partial charge in [-0.15, -0.1) is 15.3 Å². The van der Waals surface area contributed by atoms with Crippen LogP contribution in [0.2, 0.25) is 0 Å². The molecule has 23 heavy (non-hydrogen) atoms. The number of alkyl halides is 3. The van der Waals surface area contributed by atoms with Crippen LogP contribution in [0.1, 0.15) is 5.82 Å². The van der Waals surface area contributed by atoms with Crippen molar-refractivity contribution in [2.24, 2.45) is 0 Å². The van der Waals surface area contributed by atoms with Gasteiger partial charge < -0.3 is 10.6 Å². The molecule has 3 aromatic heterocycles. The van der Waals surface area contributed by atoms with Crippen molar-refractivity contribution >= 4 is 17.3 Å². The van der Waals surface area contributed by atoms with Crippen LogP contribution in [-0.4, -0.2) is 42.9 Å². The highest BCUT2D eigenvalue weighted by Gasteiger charge is 2.37. The SMILES string of the molecule is FC(F)(F)c1nnc2ccc(NCCNc3cnccn3)nn12. The van der Waals surface area contributed by atoms with Crippen LogP contribution in [0, 0.1) is 0 Å². The lowest BCUT2D eigenvalue weighted by molar-refractivity contribution is -0.146. The van der Waals surface area contributed by atoms with Gasteiger partial charge in [-0.05, 0) is 12.1 Å². The molecule has 3 aromatic rings. The summed E-state index contributed by atoms with van der Waals surface area (Å²) in [5.41, 5.74) is 0.0283. The molecule has 0 atom stereocenters. The summed E-state index contributed by atoms with van der Waals surface area (Å²) in [6.45, 7) is 0.922. The summed E-state index contributed by atoms with van der Waals surface area (Å²) in [5.74, 6) is -0.270. The monoisotopic (exact) mass is 324 g/mol. The molecule has 11 heteroatoms. The number of anilines is 2. The first-order chi connectivity index (χ1) is 11.0. The fourth-order valence-electron chi connectivity index (χ4n) is 1.83. The van der Waals surface area contributed by atoms with Crippen LogP contribution >= 0.6 is 0 Å². The Bertz CT molecular complexity index is 786. The molecule has 0 spiro atoms. The first kappa shape index (κ1) is 14.9. The minimum absolute atomic E-state index is 0.0283. The van der Waals surface area contributed by atoms with E-state index in [1.807, 2.05) is 0 Å². The number of fused-ring (bicyclic) bond motifs is 1. The third kappa shape index (κ3) is 3.44. The Labute approximate surface area is 127 Å². The predicted molar refractivity (Wildman–Crippen MR) is 74.8 cm³/mol. The van der Waals surface area contributed by atoms with E-state index in [9.17, 15) is 13.2 Å². The van der Waals surface area contributed by atoms with E-state index in [0.29, 0.717) is 23.4 Å². The van der Waals surface area contributed by atoms with Crippen molar-refractivity contribution < 1.29 is 13.2 Å². The maximum absolute atomic E-state index is 12.8. The molecule has 3 heterocycles. The molecule has 0 bridgehead atoms. The number of nitrogens with zero attached hydrogens (tertiary/aromatic N) is 6.